The van der Waals surface area contributed by atoms with Crippen molar-refractivity contribution in [2.75, 3.05) is 0 Å². The van der Waals surface area contributed by atoms with Crippen LogP contribution in [0.1, 0.15) is 6.92 Å². The van der Waals surface area contributed by atoms with E-state index >= 15 is 0 Å². The molecular formula is C3H5O5P. The van der Waals surface area contributed by atoms with Gasteiger partial charge in [0.05, 0.1) is 0 Å². The first-order valence-corrected chi connectivity index (χ1v) is 3.17. The first-order valence-electron chi connectivity index (χ1n) is 1.99. The molecule has 0 heterocycles. The Bertz CT molecular complexity index is 182. The predicted octanol–water partition coefficient (Wildman–Crippen LogP) is -0.0476. The summed E-state index contributed by atoms with van der Waals surface area (Å²) in [5.74, 6) is -1.77. The van der Waals surface area contributed by atoms with Gasteiger partial charge in [-0.05, 0) is 6.92 Å². The molecule has 0 bridgehead atoms. The van der Waals surface area contributed by atoms with Gasteiger partial charge in [0.15, 0.2) is 0 Å². The number of hydrogen-bond donors (Lipinski definition) is 2. The molecule has 0 saturated carbocycles. The third kappa shape index (κ3) is 1.62. The molecule has 0 aliphatic carbocycles. The zero-order chi connectivity index (χ0) is 7.65. The Balaban J connectivity index is 4.59. The Morgan fingerprint density at radius 1 is 1.56 bits per heavy atom. The van der Waals surface area contributed by atoms with E-state index in [1.807, 2.05) is 0 Å². The molecular weight excluding hydrogens is 147 g/mol. The number of carboxylic acid groups (broad SMARTS) is 1. The van der Waals surface area contributed by atoms with Crippen molar-refractivity contribution in [2.24, 2.45) is 0 Å². The highest BCUT2D eigenvalue weighted by molar-refractivity contribution is 7.34. The summed E-state index contributed by atoms with van der Waals surface area (Å²) in [6.07, 6.45) is 0. The van der Waals surface area contributed by atoms with Crippen molar-refractivity contribution < 1.29 is 24.1 Å². The fourth-order valence-corrected chi connectivity index (χ4v) is 0.234. The SMILES string of the molecule is CC(O)(C(=O)O)P(=O)=O. The standard InChI is InChI=1S/C3H5O5P/c1-3(6,2(4)5)9(7)8/h6H,1H3,(H,4,5). The summed E-state index contributed by atoms with van der Waals surface area (Å²) in [5.41, 5.74) is 0. The molecule has 0 fully saturated rings. The lowest BCUT2D eigenvalue weighted by Gasteiger charge is -2.04. The van der Waals surface area contributed by atoms with E-state index in [-0.39, 0.29) is 0 Å². The summed E-state index contributed by atoms with van der Waals surface area (Å²) in [6, 6.07) is 0. The molecule has 9 heavy (non-hydrogen) atoms. The van der Waals surface area contributed by atoms with Crippen molar-refractivity contribution >= 4 is 13.6 Å². The molecule has 0 aromatic carbocycles. The summed E-state index contributed by atoms with van der Waals surface area (Å²) in [6.45, 7) is 0.695. The van der Waals surface area contributed by atoms with E-state index in [2.05, 4.69) is 0 Å². The Morgan fingerprint density at radius 3 is 1.89 bits per heavy atom. The lowest BCUT2D eigenvalue weighted by molar-refractivity contribution is -0.148. The molecule has 0 rings (SSSR count). The molecule has 2 N–H and O–H groups in total. The molecule has 6 heteroatoms. The molecule has 1 unspecified atom stereocenters. The molecule has 52 valence electrons. The van der Waals surface area contributed by atoms with Gasteiger partial charge < -0.3 is 10.2 Å². The second-order valence-corrected chi connectivity index (χ2v) is 2.97. The van der Waals surface area contributed by atoms with Crippen LogP contribution in [-0.4, -0.2) is 21.5 Å². The summed E-state index contributed by atoms with van der Waals surface area (Å²) < 4.78 is 19.7. The van der Waals surface area contributed by atoms with Crippen LogP contribution in [0.25, 0.3) is 0 Å². The van der Waals surface area contributed by atoms with Gasteiger partial charge in [-0.3, -0.25) is 0 Å². The van der Waals surface area contributed by atoms with Gasteiger partial charge in [-0.25, -0.2) is 13.9 Å². The minimum absolute atomic E-state index is 0.695. The van der Waals surface area contributed by atoms with Gasteiger partial charge in [0, 0.05) is 0 Å². The van der Waals surface area contributed by atoms with Crippen molar-refractivity contribution in [3.05, 3.63) is 0 Å². The minimum atomic E-state index is -3.33. The first kappa shape index (κ1) is 8.33. The molecule has 0 aromatic rings. The number of carboxylic acids is 1. The third-order valence-corrected chi connectivity index (χ3v) is 1.66. The van der Waals surface area contributed by atoms with Crippen LogP contribution in [0.3, 0.4) is 0 Å². The molecule has 0 aliphatic rings. The van der Waals surface area contributed by atoms with Crippen molar-refractivity contribution in [1.82, 2.24) is 0 Å². The molecule has 0 aliphatic heterocycles. The number of aliphatic carboxylic acids is 1. The second kappa shape index (κ2) is 2.29. The molecule has 1 atom stereocenters. The largest absolute Gasteiger partial charge is 0.478 e. The van der Waals surface area contributed by atoms with Crippen LogP contribution in [0.2, 0.25) is 0 Å². The Kier molecular flexibility index (Phi) is 2.12. The fraction of sp³-hybridized carbons (Fsp3) is 0.667. The Labute approximate surface area is 51.1 Å². The first-order chi connectivity index (χ1) is 3.89. The van der Waals surface area contributed by atoms with Crippen LogP contribution < -0.4 is 0 Å². The molecule has 0 amide bonds. The Morgan fingerprint density at radius 2 is 1.89 bits per heavy atom. The number of aliphatic hydroxyl groups is 1. The van der Waals surface area contributed by atoms with E-state index < -0.39 is 19.0 Å². The number of rotatable bonds is 2. The highest BCUT2D eigenvalue weighted by Crippen LogP contribution is 2.24. The van der Waals surface area contributed by atoms with E-state index in [9.17, 15) is 13.9 Å². The van der Waals surface area contributed by atoms with Crippen LogP contribution in [0, 0.1) is 0 Å². The third-order valence-electron chi connectivity index (χ3n) is 0.761. The molecule has 0 aromatic heterocycles. The van der Waals surface area contributed by atoms with Crippen molar-refractivity contribution in [3.8, 4) is 0 Å². The normalized spacial score (nSPS) is 16.2. The zero-order valence-electron chi connectivity index (χ0n) is 4.57. The number of hydrogen-bond acceptors (Lipinski definition) is 4. The molecule has 0 spiro atoms. The van der Waals surface area contributed by atoms with Gasteiger partial charge in [-0.1, -0.05) is 0 Å². The van der Waals surface area contributed by atoms with Crippen LogP contribution in [0.4, 0.5) is 0 Å². The summed E-state index contributed by atoms with van der Waals surface area (Å²) in [4.78, 5) is 9.83. The van der Waals surface area contributed by atoms with Crippen LogP contribution >= 0.6 is 7.68 Å². The van der Waals surface area contributed by atoms with E-state index in [1.165, 1.54) is 0 Å². The topological polar surface area (TPSA) is 91.7 Å². The molecule has 0 radical (unpaired) electrons. The maximum Gasteiger partial charge on any atom is 0.359 e. The lowest BCUT2D eigenvalue weighted by atomic mass is 10.4. The minimum Gasteiger partial charge on any atom is -0.478 e. The summed E-state index contributed by atoms with van der Waals surface area (Å²) in [7, 11) is -3.33. The van der Waals surface area contributed by atoms with Gasteiger partial charge in [0.1, 0.15) is 0 Å². The molecule has 5 nitrogen and oxygen atoms in total. The van der Waals surface area contributed by atoms with Crippen LogP contribution in [0.5, 0.6) is 0 Å². The van der Waals surface area contributed by atoms with Crippen molar-refractivity contribution in [3.63, 3.8) is 0 Å². The quantitative estimate of drug-likeness (QED) is 0.541. The number of carbonyl (C=O) groups is 1. The monoisotopic (exact) mass is 152 g/mol. The maximum atomic E-state index is 9.87. The van der Waals surface area contributed by atoms with E-state index in [4.69, 9.17) is 10.2 Å². The van der Waals surface area contributed by atoms with Crippen LogP contribution in [0.15, 0.2) is 0 Å². The highest BCUT2D eigenvalue weighted by Gasteiger charge is 2.36. The van der Waals surface area contributed by atoms with Gasteiger partial charge >= 0.3 is 13.6 Å². The van der Waals surface area contributed by atoms with Crippen molar-refractivity contribution in [1.29, 1.82) is 0 Å². The van der Waals surface area contributed by atoms with Gasteiger partial charge in [-0.2, -0.15) is 0 Å². The summed E-state index contributed by atoms with van der Waals surface area (Å²) in [5, 5.41) is 13.8. The zero-order valence-corrected chi connectivity index (χ0v) is 5.46. The molecule has 0 saturated heterocycles. The van der Waals surface area contributed by atoms with Gasteiger partial charge in [0.2, 0.25) is 0 Å². The average molecular weight is 152 g/mol. The van der Waals surface area contributed by atoms with Gasteiger partial charge in [0.25, 0.3) is 5.34 Å². The van der Waals surface area contributed by atoms with E-state index in [0.717, 1.165) is 0 Å². The lowest BCUT2D eigenvalue weighted by Crippen LogP contribution is -2.28. The highest BCUT2D eigenvalue weighted by atomic mass is 31.1. The Hall–Kier alpha value is -0.670. The average Bonchev–Trinajstić information content (AvgIpc) is 1.65. The second-order valence-electron chi connectivity index (χ2n) is 1.58. The van der Waals surface area contributed by atoms with E-state index in [1.54, 1.807) is 0 Å². The fourth-order valence-electron chi connectivity index (χ4n) is 0.0781. The van der Waals surface area contributed by atoms with Gasteiger partial charge in [-0.15, -0.1) is 0 Å². The maximum absolute atomic E-state index is 9.87. The van der Waals surface area contributed by atoms with Crippen LogP contribution in [-0.2, 0) is 13.9 Å². The van der Waals surface area contributed by atoms with Crippen molar-refractivity contribution in [2.45, 2.75) is 12.3 Å². The summed E-state index contributed by atoms with van der Waals surface area (Å²) >= 11 is 0. The predicted molar refractivity (Wildman–Crippen MR) is 26.6 cm³/mol. The smallest absolute Gasteiger partial charge is 0.359 e. The van der Waals surface area contributed by atoms with E-state index in [0.29, 0.717) is 6.92 Å².